The molecule has 0 bridgehead atoms. The third kappa shape index (κ3) is 5.68. The maximum Gasteiger partial charge on any atom is 0.415 e. The van der Waals surface area contributed by atoms with Gasteiger partial charge in [0, 0.05) is 32.8 Å². The molecule has 2 atom stereocenters. The van der Waals surface area contributed by atoms with Gasteiger partial charge in [-0.15, -0.1) is 0 Å². The summed E-state index contributed by atoms with van der Waals surface area (Å²) >= 11 is 0. The Kier molecular flexibility index (Phi) is 7.06. The van der Waals surface area contributed by atoms with Gasteiger partial charge in [0.1, 0.15) is 11.9 Å². The van der Waals surface area contributed by atoms with Crippen molar-refractivity contribution in [3.05, 3.63) is 30.3 Å². The fourth-order valence-corrected chi connectivity index (χ4v) is 3.28. The van der Waals surface area contributed by atoms with Gasteiger partial charge < -0.3 is 24.0 Å². The Balaban J connectivity index is 1.39. The average Bonchev–Trinajstić information content (AvgIpc) is 2.73. The SMILES string of the molecule is CC(OCC1CCCCO1)C(=O)N1CCN(C(=O)Oc2ccccc2)CC1. The molecule has 0 aliphatic carbocycles. The van der Waals surface area contributed by atoms with Crippen molar-refractivity contribution in [3.8, 4) is 5.75 Å². The quantitative estimate of drug-likeness (QED) is 0.789. The van der Waals surface area contributed by atoms with Crippen LogP contribution in [-0.4, -0.2) is 73.4 Å². The highest BCUT2D eigenvalue weighted by Gasteiger charge is 2.28. The van der Waals surface area contributed by atoms with Crippen molar-refractivity contribution in [1.29, 1.82) is 0 Å². The summed E-state index contributed by atoms with van der Waals surface area (Å²) in [5.74, 6) is 0.481. The molecule has 0 spiro atoms. The molecule has 2 fully saturated rings. The van der Waals surface area contributed by atoms with Crippen molar-refractivity contribution >= 4 is 12.0 Å². The molecule has 2 amide bonds. The molecule has 3 rings (SSSR count). The number of benzene rings is 1. The van der Waals surface area contributed by atoms with Crippen LogP contribution in [-0.2, 0) is 14.3 Å². The number of carbonyl (C=O) groups is 2. The van der Waals surface area contributed by atoms with Crippen molar-refractivity contribution in [2.24, 2.45) is 0 Å². The molecular weight excluding hydrogens is 348 g/mol. The van der Waals surface area contributed by atoms with Gasteiger partial charge in [-0.05, 0) is 38.3 Å². The van der Waals surface area contributed by atoms with Gasteiger partial charge >= 0.3 is 6.09 Å². The number of piperazine rings is 1. The van der Waals surface area contributed by atoms with Gasteiger partial charge in [-0.25, -0.2) is 4.79 Å². The van der Waals surface area contributed by atoms with E-state index in [1.165, 1.54) is 0 Å². The van der Waals surface area contributed by atoms with Crippen LogP contribution in [0.4, 0.5) is 4.79 Å². The first-order chi connectivity index (χ1) is 13.1. The highest BCUT2D eigenvalue weighted by atomic mass is 16.6. The summed E-state index contributed by atoms with van der Waals surface area (Å²) in [7, 11) is 0. The van der Waals surface area contributed by atoms with E-state index in [4.69, 9.17) is 14.2 Å². The van der Waals surface area contributed by atoms with Crippen LogP contribution < -0.4 is 4.74 Å². The lowest BCUT2D eigenvalue weighted by atomic mass is 10.1. The largest absolute Gasteiger partial charge is 0.415 e. The zero-order chi connectivity index (χ0) is 19.1. The number of hydrogen-bond acceptors (Lipinski definition) is 5. The summed E-state index contributed by atoms with van der Waals surface area (Å²) in [6, 6.07) is 8.99. The van der Waals surface area contributed by atoms with Gasteiger partial charge in [-0.2, -0.15) is 0 Å². The maximum atomic E-state index is 12.6. The molecule has 0 aromatic heterocycles. The normalized spacial score (nSPS) is 21.6. The van der Waals surface area contributed by atoms with Gasteiger partial charge in [0.15, 0.2) is 0 Å². The second-order valence-electron chi connectivity index (χ2n) is 6.96. The van der Waals surface area contributed by atoms with E-state index in [9.17, 15) is 9.59 Å². The predicted octanol–water partition coefficient (Wildman–Crippen LogP) is 2.30. The number of para-hydroxylation sites is 1. The maximum absolute atomic E-state index is 12.6. The topological polar surface area (TPSA) is 68.3 Å². The first-order valence-corrected chi connectivity index (χ1v) is 9.67. The molecule has 1 aromatic carbocycles. The lowest BCUT2D eigenvalue weighted by molar-refractivity contribution is -0.147. The summed E-state index contributed by atoms with van der Waals surface area (Å²) in [6.07, 6.45) is 2.45. The molecule has 2 aliphatic rings. The fraction of sp³-hybridized carbons (Fsp3) is 0.600. The Morgan fingerprint density at radius 2 is 1.81 bits per heavy atom. The van der Waals surface area contributed by atoms with Crippen molar-refractivity contribution in [1.82, 2.24) is 9.80 Å². The Bertz CT molecular complexity index is 610. The third-order valence-corrected chi connectivity index (χ3v) is 4.95. The van der Waals surface area contributed by atoms with Crippen molar-refractivity contribution < 1.29 is 23.8 Å². The second-order valence-corrected chi connectivity index (χ2v) is 6.96. The summed E-state index contributed by atoms with van der Waals surface area (Å²) in [5.41, 5.74) is 0. The molecule has 0 saturated carbocycles. The molecule has 2 aliphatic heterocycles. The fourth-order valence-electron chi connectivity index (χ4n) is 3.28. The highest BCUT2D eigenvalue weighted by molar-refractivity contribution is 5.81. The van der Waals surface area contributed by atoms with E-state index in [1.807, 2.05) is 18.2 Å². The summed E-state index contributed by atoms with van der Waals surface area (Å²) in [6.45, 7) is 4.88. The van der Waals surface area contributed by atoms with E-state index >= 15 is 0 Å². The zero-order valence-electron chi connectivity index (χ0n) is 15.8. The van der Waals surface area contributed by atoms with Crippen LogP contribution in [0.5, 0.6) is 5.75 Å². The van der Waals surface area contributed by atoms with E-state index in [2.05, 4.69) is 0 Å². The van der Waals surface area contributed by atoms with Crippen LogP contribution in [0.25, 0.3) is 0 Å². The molecule has 2 heterocycles. The van der Waals surface area contributed by atoms with Crippen LogP contribution in [0.3, 0.4) is 0 Å². The first-order valence-electron chi connectivity index (χ1n) is 9.67. The summed E-state index contributed by atoms with van der Waals surface area (Å²) in [4.78, 5) is 28.2. The molecule has 27 heavy (non-hydrogen) atoms. The standard InChI is InChI=1S/C20H28N2O5/c1-16(26-15-18-9-5-6-14-25-18)19(23)21-10-12-22(13-11-21)20(24)27-17-7-3-2-4-8-17/h2-4,7-8,16,18H,5-6,9-15H2,1H3. The lowest BCUT2D eigenvalue weighted by Gasteiger charge is -2.35. The predicted molar refractivity (Wildman–Crippen MR) is 99.6 cm³/mol. The number of nitrogens with zero attached hydrogens (tertiary/aromatic N) is 2. The average molecular weight is 376 g/mol. The highest BCUT2D eigenvalue weighted by Crippen LogP contribution is 2.15. The number of rotatable bonds is 5. The van der Waals surface area contributed by atoms with Gasteiger partial charge in [0.2, 0.25) is 0 Å². The Morgan fingerprint density at radius 3 is 2.48 bits per heavy atom. The molecule has 0 radical (unpaired) electrons. The zero-order valence-corrected chi connectivity index (χ0v) is 15.8. The van der Waals surface area contributed by atoms with Crippen LogP contribution in [0.2, 0.25) is 0 Å². The molecular formula is C20H28N2O5. The summed E-state index contributed by atoms with van der Waals surface area (Å²) < 4.78 is 16.7. The van der Waals surface area contributed by atoms with Crippen molar-refractivity contribution in [2.45, 2.75) is 38.4 Å². The molecule has 148 valence electrons. The van der Waals surface area contributed by atoms with E-state index in [0.29, 0.717) is 38.5 Å². The van der Waals surface area contributed by atoms with E-state index in [1.54, 1.807) is 28.9 Å². The molecule has 0 N–H and O–H groups in total. The molecule has 1 aromatic rings. The monoisotopic (exact) mass is 376 g/mol. The second kappa shape index (κ2) is 9.71. The van der Waals surface area contributed by atoms with Crippen LogP contribution in [0, 0.1) is 0 Å². The number of carbonyl (C=O) groups excluding carboxylic acids is 2. The molecule has 7 heteroatoms. The minimum absolute atomic E-state index is 0.0399. The third-order valence-electron chi connectivity index (χ3n) is 4.95. The van der Waals surface area contributed by atoms with Gasteiger partial charge in [-0.1, -0.05) is 18.2 Å². The van der Waals surface area contributed by atoms with Crippen LogP contribution in [0.15, 0.2) is 30.3 Å². The molecule has 2 saturated heterocycles. The van der Waals surface area contributed by atoms with Gasteiger partial charge in [0.25, 0.3) is 5.91 Å². The minimum atomic E-state index is -0.502. The van der Waals surface area contributed by atoms with Crippen LogP contribution >= 0.6 is 0 Å². The number of hydrogen-bond donors (Lipinski definition) is 0. The molecule has 7 nitrogen and oxygen atoms in total. The van der Waals surface area contributed by atoms with E-state index < -0.39 is 6.10 Å². The Labute approximate surface area is 160 Å². The van der Waals surface area contributed by atoms with E-state index in [-0.39, 0.29) is 18.1 Å². The van der Waals surface area contributed by atoms with E-state index in [0.717, 1.165) is 25.9 Å². The van der Waals surface area contributed by atoms with Gasteiger partial charge in [-0.3, -0.25) is 4.79 Å². The summed E-state index contributed by atoms with van der Waals surface area (Å²) in [5, 5.41) is 0. The smallest absolute Gasteiger partial charge is 0.410 e. The van der Waals surface area contributed by atoms with Crippen molar-refractivity contribution in [2.75, 3.05) is 39.4 Å². The van der Waals surface area contributed by atoms with Crippen molar-refractivity contribution in [3.63, 3.8) is 0 Å². The minimum Gasteiger partial charge on any atom is -0.410 e. The number of amides is 2. The first kappa shape index (κ1) is 19.6. The molecule has 2 unspecified atom stereocenters. The number of ether oxygens (including phenoxy) is 3. The Morgan fingerprint density at radius 1 is 1.11 bits per heavy atom. The lowest BCUT2D eigenvalue weighted by Crippen LogP contribution is -2.53. The Hall–Kier alpha value is -2.12. The van der Waals surface area contributed by atoms with Crippen LogP contribution in [0.1, 0.15) is 26.2 Å². The van der Waals surface area contributed by atoms with Gasteiger partial charge in [0.05, 0.1) is 12.7 Å².